The molecule has 3 rings (SSSR count). The maximum atomic E-state index is 6.00. The van der Waals surface area contributed by atoms with Gasteiger partial charge in [-0.2, -0.15) is 11.8 Å². The molecule has 3 heteroatoms. The minimum absolute atomic E-state index is 0.574. The Morgan fingerprint density at radius 1 is 1.20 bits per heavy atom. The molecule has 1 N–H and O–H groups in total. The highest BCUT2D eigenvalue weighted by Gasteiger charge is 2.37. The number of ether oxygens (including phenoxy) is 1. The van der Waals surface area contributed by atoms with E-state index in [1.54, 1.807) is 0 Å². The average Bonchev–Trinajstić information content (AvgIpc) is 3.02. The molecule has 0 aliphatic carbocycles. The van der Waals surface area contributed by atoms with Crippen molar-refractivity contribution in [2.24, 2.45) is 5.92 Å². The first-order valence-electron chi connectivity index (χ1n) is 6.40. The maximum absolute atomic E-state index is 6.00. The van der Waals surface area contributed by atoms with Gasteiger partial charge in [0.2, 0.25) is 0 Å². The Hall–Kier alpha value is 0.270. The van der Waals surface area contributed by atoms with Crippen LogP contribution in [0.15, 0.2) is 0 Å². The molecule has 4 unspecified atom stereocenters. The lowest BCUT2D eigenvalue weighted by Gasteiger charge is -2.18. The molecule has 3 heterocycles. The van der Waals surface area contributed by atoms with E-state index >= 15 is 0 Å². The summed E-state index contributed by atoms with van der Waals surface area (Å²) >= 11 is 2.14. The SMILES string of the molecule is C1CNC(C2COC(C3CCCS3)C2)C1. The molecule has 0 aromatic heterocycles. The normalized spacial score (nSPS) is 46.4. The zero-order chi connectivity index (χ0) is 10.1. The first-order valence-corrected chi connectivity index (χ1v) is 7.45. The minimum atomic E-state index is 0.574. The molecule has 0 aromatic carbocycles. The predicted octanol–water partition coefficient (Wildman–Crippen LogP) is 2.04. The van der Waals surface area contributed by atoms with Crippen LogP contribution in [0.4, 0.5) is 0 Å². The summed E-state index contributed by atoms with van der Waals surface area (Å²) in [7, 11) is 0. The molecule has 2 nitrogen and oxygen atoms in total. The van der Waals surface area contributed by atoms with Crippen molar-refractivity contribution in [2.45, 2.75) is 49.5 Å². The Bertz CT molecular complexity index is 190. The van der Waals surface area contributed by atoms with Crippen molar-refractivity contribution >= 4 is 11.8 Å². The highest BCUT2D eigenvalue weighted by molar-refractivity contribution is 8.00. The van der Waals surface area contributed by atoms with Crippen molar-refractivity contribution < 1.29 is 4.74 Å². The van der Waals surface area contributed by atoms with E-state index < -0.39 is 0 Å². The zero-order valence-corrected chi connectivity index (χ0v) is 10.1. The second kappa shape index (κ2) is 4.64. The Morgan fingerprint density at radius 3 is 2.93 bits per heavy atom. The number of thioether (sulfide) groups is 1. The van der Waals surface area contributed by atoms with Gasteiger partial charge in [0.15, 0.2) is 0 Å². The van der Waals surface area contributed by atoms with Gasteiger partial charge in [-0.25, -0.2) is 0 Å². The molecule has 15 heavy (non-hydrogen) atoms. The van der Waals surface area contributed by atoms with E-state index in [0.29, 0.717) is 6.10 Å². The third-order valence-electron chi connectivity index (χ3n) is 4.11. The highest BCUT2D eigenvalue weighted by Crippen LogP contribution is 2.37. The third kappa shape index (κ3) is 2.20. The number of hydrogen-bond donors (Lipinski definition) is 1. The summed E-state index contributed by atoms with van der Waals surface area (Å²) in [6, 6.07) is 0.765. The van der Waals surface area contributed by atoms with Gasteiger partial charge in [0.1, 0.15) is 0 Å². The van der Waals surface area contributed by atoms with E-state index in [0.717, 1.165) is 23.8 Å². The molecular formula is C12H21NOS. The van der Waals surface area contributed by atoms with Gasteiger partial charge in [-0.15, -0.1) is 0 Å². The lowest BCUT2D eigenvalue weighted by Crippen LogP contribution is -2.31. The van der Waals surface area contributed by atoms with Crippen LogP contribution in [0.2, 0.25) is 0 Å². The van der Waals surface area contributed by atoms with Gasteiger partial charge in [0, 0.05) is 17.2 Å². The predicted molar refractivity (Wildman–Crippen MR) is 64.4 cm³/mol. The molecule has 0 spiro atoms. The smallest absolute Gasteiger partial charge is 0.0697 e. The zero-order valence-electron chi connectivity index (χ0n) is 9.28. The summed E-state index contributed by atoms with van der Waals surface area (Å²) in [5.41, 5.74) is 0. The average molecular weight is 227 g/mol. The van der Waals surface area contributed by atoms with Crippen LogP contribution >= 0.6 is 11.8 Å². The van der Waals surface area contributed by atoms with Gasteiger partial charge in [-0.3, -0.25) is 0 Å². The van der Waals surface area contributed by atoms with Crippen LogP contribution in [0.5, 0.6) is 0 Å². The molecule has 3 aliphatic rings. The first-order chi connectivity index (χ1) is 7.43. The van der Waals surface area contributed by atoms with Crippen LogP contribution in [0.1, 0.15) is 32.1 Å². The molecule has 86 valence electrons. The van der Waals surface area contributed by atoms with Crippen molar-refractivity contribution in [3.05, 3.63) is 0 Å². The molecule has 0 saturated carbocycles. The van der Waals surface area contributed by atoms with Gasteiger partial charge in [0.05, 0.1) is 12.7 Å². The molecule has 0 bridgehead atoms. The lowest BCUT2D eigenvalue weighted by atomic mass is 9.94. The van der Waals surface area contributed by atoms with Crippen molar-refractivity contribution in [1.29, 1.82) is 0 Å². The van der Waals surface area contributed by atoms with Crippen LogP contribution in [-0.4, -0.2) is 36.3 Å². The van der Waals surface area contributed by atoms with Crippen molar-refractivity contribution in [3.63, 3.8) is 0 Å². The minimum Gasteiger partial charge on any atom is -0.377 e. The highest BCUT2D eigenvalue weighted by atomic mass is 32.2. The molecule has 0 aromatic rings. The molecule has 0 radical (unpaired) electrons. The Morgan fingerprint density at radius 2 is 2.20 bits per heavy atom. The number of nitrogens with one attached hydrogen (secondary N) is 1. The van der Waals surface area contributed by atoms with Crippen molar-refractivity contribution in [2.75, 3.05) is 18.9 Å². The largest absolute Gasteiger partial charge is 0.377 e. The molecule has 3 aliphatic heterocycles. The first kappa shape index (κ1) is 10.4. The van der Waals surface area contributed by atoms with E-state index in [1.165, 1.54) is 44.4 Å². The van der Waals surface area contributed by atoms with Crippen LogP contribution in [0.25, 0.3) is 0 Å². The van der Waals surface area contributed by atoms with Crippen LogP contribution < -0.4 is 5.32 Å². The van der Waals surface area contributed by atoms with E-state index in [2.05, 4.69) is 17.1 Å². The Kier molecular flexibility index (Phi) is 3.23. The quantitative estimate of drug-likeness (QED) is 0.780. The molecule has 3 fully saturated rings. The molecule has 3 saturated heterocycles. The van der Waals surface area contributed by atoms with Crippen molar-refractivity contribution in [1.82, 2.24) is 5.32 Å². The van der Waals surface area contributed by atoms with Crippen LogP contribution in [0.3, 0.4) is 0 Å². The van der Waals surface area contributed by atoms with Gasteiger partial charge >= 0.3 is 0 Å². The second-order valence-electron chi connectivity index (χ2n) is 5.12. The third-order valence-corrected chi connectivity index (χ3v) is 5.60. The van der Waals surface area contributed by atoms with E-state index in [1.807, 2.05) is 0 Å². The number of hydrogen-bond acceptors (Lipinski definition) is 3. The van der Waals surface area contributed by atoms with E-state index in [-0.39, 0.29) is 0 Å². The summed E-state index contributed by atoms with van der Waals surface area (Å²) in [6.45, 7) is 2.24. The summed E-state index contributed by atoms with van der Waals surface area (Å²) < 4.78 is 6.00. The Balaban J connectivity index is 1.53. The summed E-state index contributed by atoms with van der Waals surface area (Å²) in [5, 5.41) is 4.44. The van der Waals surface area contributed by atoms with Crippen LogP contribution in [0, 0.1) is 5.92 Å². The van der Waals surface area contributed by atoms with Gasteiger partial charge < -0.3 is 10.1 Å². The fourth-order valence-electron chi connectivity index (χ4n) is 3.23. The van der Waals surface area contributed by atoms with Gasteiger partial charge in [0.25, 0.3) is 0 Å². The fraction of sp³-hybridized carbons (Fsp3) is 1.00. The summed E-state index contributed by atoms with van der Waals surface area (Å²) in [4.78, 5) is 0. The maximum Gasteiger partial charge on any atom is 0.0697 e. The molecule has 0 amide bonds. The van der Waals surface area contributed by atoms with Gasteiger partial charge in [-0.05, 0) is 44.4 Å². The van der Waals surface area contributed by atoms with Crippen LogP contribution in [-0.2, 0) is 4.74 Å². The second-order valence-corrected chi connectivity index (χ2v) is 6.47. The Labute approximate surface area is 96.5 Å². The summed E-state index contributed by atoms with van der Waals surface area (Å²) in [5.74, 6) is 2.16. The molecular weight excluding hydrogens is 206 g/mol. The number of rotatable bonds is 2. The van der Waals surface area contributed by atoms with Gasteiger partial charge in [-0.1, -0.05) is 0 Å². The monoisotopic (exact) mass is 227 g/mol. The van der Waals surface area contributed by atoms with E-state index in [4.69, 9.17) is 4.74 Å². The molecule has 4 atom stereocenters. The standard InChI is InChI=1S/C12H21NOS/c1-3-10(13-5-1)9-7-11(14-8-9)12-4-2-6-15-12/h9-13H,1-8H2. The summed E-state index contributed by atoms with van der Waals surface area (Å²) in [6.07, 6.45) is 7.42. The van der Waals surface area contributed by atoms with Crippen molar-refractivity contribution in [3.8, 4) is 0 Å². The van der Waals surface area contributed by atoms with E-state index in [9.17, 15) is 0 Å². The fourth-order valence-corrected chi connectivity index (χ4v) is 4.60. The topological polar surface area (TPSA) is 21.3 Å². The lowest BCUT2D eigenvalue weighted by molar-refractivity contribution is 0.102.